The maximum atomic E-state index is 11.3. The number of likely N-dealkylation sites (tertiary alicyclic amines) is 1. The Morgan fingerprint density at radius 2 is 2.29 bits per heavy atom. The van der Waals surface area contributed by atoms with Crippen LogP contribution in [-0.2, 0) is 4.79 Å². The molecule has 5 heteroatoms. The summed E-state index contributed by atoms with van der Waals surface area (Å²) in [5, 5.41) is 15.7. The largest absolute Gasteiger partial charge is 0.481 e. The van der Waals surface area contributed by atoms with Gasteiger partial charge in [-0.2, -0.15) is 11.3 Å². The minimum Gasteiger partial charge on any atom is -0.481 e. The van der Waals surface area contributed by atoms with E-state index in [1.165, 1.54) is 16.0 Å². The van der Waals surface area contributed by atoms with Crippen molar-refractivity contribution in [1.29, 1.82) is 0 Å². The van der Waals surface area contributed by atoms with Gasteiger partial charge in [0.2, 0.25) is 0 Å². The average Bonchev–Trinajstić information content (AvgIpc) is 3.13. The van der Waals surface area contributed by atoms with Gasteiger partial charge >= 0.3 is 5.97 Å². The second-order valence-electron chi connectivity index (χ2n) is 5.60. The van der Waals surface area contributed by atoms with Gasteiger partial charge in [0.1, 0.15) is 0 Å². The molecule has 0 spiro atoms. The van der Waals surface area contributed by atoms with Crippen LogP contribution in [0, 0.1) is 12.8 Å². The molecule has 1 fully saturated rings. The molecule has 3 nitrogen and oxygen atoms in total. The zero-order valence-electron chi connectivity index (χ0n) is 12.0. The Morgan fingerprint density at radius 3 is 2.90 bits per heavy atom. The highest BCUT2D eigenvalue weighted by Crippen LogP contribution is 2.37. The summed E-state index contributed by atoms with van der Waals surface area (Å²) < 4.78 is 0. The van der Waals surface area contributed by atoms with Gasteiger partial charge in [-0.1, -0.05) is 0 Å². The molecule has 1 aliphatic rings. The third kappa shape index (κ3) is 3.05. The Labute approximate surface area is 132 Å². The SMILES string of the molecule is Cc1ccsc1C(c1ccsc1)N1CCCC(C(=O)O)C1. The minimum absolute atomic E-state index is 0.207. The second kappa shape index (κ2) is 6.30. The number of nitrogens with zero attached hydrogens (tertiary/aromatic N) is 1. The Balaban J connectivity index is 1.93. The summed E-state index contributed by atoms with van der Waals surface area (Å²) in [7, 11) is 0. The van der Waals surface area contributed by atoms with Crippen molar-refractivity contribution >= 4 is 28.6 Å². The Morgan fingerprint density at radius 1 is 1.43 bits per heavy atom. The van der Waals surface area contributed by atoms with Crippen molar-refractivity contribution in [2.24, 2.45) is 5.92 Å². The molecule has 2 aromatic rings. The number of carbonyl (C=O) groups is 1. The van der Waals surface area contributed by atoms with Crippen LogP contribution in [0.3, 0.4) is 0 Å². The molecule has 112 valence electrons. The topological polar surface area (TPSA) is 40.5 Å². The lowest BCUT2D eigenvalue weighted by Crippen LogP contribution is -2.41. The summed E-state index contributed by atoms with van der Waals surface area (Å²) in [6.07, 6.45) is 1.76. The van der Waals surface area contributed by atoms with Crippen LogP contribution in [0.1, 0.15) is 34.9 Å². The van der Waals surface area contributed by atoms with E-state index in [0.717, 1.165) is 19.4 Å². The molecular weight excluding hydrogens is 302 g/mol. The molecular formula is C16H19NO2S2. The molecule has 0 amide bonds. The molecule has 1 saturated heterocycles. The predicted octanol–water partition coefficient (Wildman–Crippen LogP) is 4.00. The van der Waals surface area contributed by atoms with E-state index in [1.807, 2.05) is 0 Å². The summed E-state index contributed by atoms with van der Waals surface area (Å²) in [5.74, 6) is -0.896. The third-order valence-electron chi connectivity index (χ3n) is 4.18. The van der Waals surface area contributed by atoms with E-state index >= 15 is 0 Å². The molecule has 21 heavy (non-hydrogen) atoms. The fourth-order valence-electron chi connectivity index (χ4n) is 3.07. The quantitative estimate of drug-likeness (QED) is 0.925. The highest BCUT2D eigenvalue weighted by Gasteiger charge is 2.32. The van der Waals surface area contributed by atoms with Gasteiger partial charge in [-0.15, -0.1) is 11.3 Å². The van der Waals surface area contributed by atoms with E-state index < -0.39 is 5.97 Å². The number of rotatable bonds is 4. The highest BCUT2D eigenvalue weighted by atomic mass is 32.1. The Bertz CT molecular complexity index is 606. The van der Waals surface area contributed by atoms with Crippen molar-refractivity contribution in [3.63, 3.8) is 0 Å². The first-order chi connectivity index (χ1) is 10.2. The number of carboxylic acid groups (broad SMARTS) is 1. The van der Waals surface area contributed by atoms with Crippen molar-refractivity contribution in [3.05, 3.63) is 44.3 Å². The molecule has 0 aromatic carbocycles. The molecule has 0 bridgehead atoms. The second-order valence-corrected chi connectivity index (χ2v) is 7.33. The predicted molar refractivity (Wildman–Crippen MR) is 87.2 cm³/mol. The first-order valence-electron chi connectivity index (χ1n) is 7.19. The van der Waals surface area contributed by atoms with Crippen molar-refractivity contribution in [1.82, 2.24) is 4.90 Å². The van der Waals surface area contributed by atoms with E-state index in [0.29, 0.717) is 6.54 Å². The van der Waals surface area contributed by atoms with Crippen LogP contribution in [0.4, 0.5) is 0 Å². The van der Waals surface area contributed by atoms with Crippen LogP contribution in [0.25, 0.3) is 0 Å². The zero-order chi connectivity index (χ0) is 14.8. The van der Waals surface area contributed by atoms with Crippen LogP contribution >= 0.6 is 22.7 Å². The molecule has 3 heterocycles. The van der Waals surface area contributed by atoms with Crippen molar-refractivity contribution < 1.29 is 9.90 Å². The van der Waals surface area contributed by atoms with Crippen molar-refractivity contribution in [2.75, 3.05) is 13.1 Å². The van der Waals surface area contributed by atoms with Gasteiger partial charge in [0.15, 0.2) is 0 Å². The number of aryl methyl sites for hydroxylation is 1. The lowest BCUT2D eigenvalue weighted by Gasteiger charge is -2.36. The van der Waals surface area contributed by atoms with Crippen molar-refractivity contribution in [2.45, 2.75) is 25.8 Å². The number of carboxylic acids is 1. The van der Waals surface area contributed by atoms with E-state index in [1.54, 1.807) is 22.7 Å². The van der Waals surface area contributed by atoms with Gasteiger partial charge < -0.3 is 5.11 Å². The standard InChI is InChI=1S/C16H19NO2S2/c1-11-4-8-21-15(11)14(13-5-7-20-10-13)17-6-2-3-12(9-17)16(18)19/h4-5,7-8,10,12,14H,2-3,6,9H2,1H3,(H,18,19). The highest BCUT2D eigenvalue weighted by molar-refractivity contribution is 7.10. The maximum Gasteiger partial charge on any atom is 0.307 e. The lowest BCUT2D eigenvalue weighted by atomic mass is 9.94. The first kappa shape index (κ1) is 14.8. The van der Waals surface area contributed by atoms with Gasteiger partial charge in [0.25, 0.3) is 0 Å². The third-order valence-corrected chi connectivity index (χ3v) is 5.95. The molecule has 1 aliphatic heterocycles. The van der Waals surface area contributed by atoms with E-state index in [-0.39, 0.29) is 12.0 Å². The minimum atomic E-state index is -0.660. The normalized spacial score (nSPS) is 21.3. The number of thiophene rings is 2. The number of hydrogen-bond acceptors (Lipinski definition) is 4. The molecule has 2 atom stereocenters. The Hall–Kier alpha value is -1.17. The lowest BCUT2D eigenvalue weighted by molar-refractivity contribution is -0.143. The fraction of sp³-hybridized carbons (Fsp3) is 0.438. The van der Waals surface area contributed by atoms with Gasteiger partial charge in [-0.3, -0.25) is 9.69 Å². The van der Waals surface area contributed by atoms with Gasteiger partial charge in [0, 0.05) is 11.4 Å². The van der Waals surface area contributed by atoms with Gasteiger partial charge in [0.05, 0.1) is 12.0 Å². The van der Waals surface area contributed by atoms with Crippen LogP contribution in [0.2, 0.25) is 0 Å². The smallest absolute Gasteiger partial charge is 0.307 e. The molecule has 2 aromatic heterocycles. The molecule has 2 unspecified atom stereocenters. The van der Waals surface area contributed by atoms with Crippen LogP contribution in [0.15, 0.2) is 28.3 Å². The van der Waals surface area contributed by atoms with Crippen LogP contribution in [0.5, 0.6) is 0 Å². The fourth-order valence-corrected chi connectivity index (χ4v) is 4.83. The monoisotopic (exact) mass is 321 g/mol. The van der Waals surface area contributed by atoms with E-state index in [2.05, 4.69) is 40.1 Å². The summed E-state index contributed by atoms with van der Waals surface area (Å²) in [6, 6.07) is 4.52. The summed E-state index contributed by atoms with van der Waals surface area (Å²) in [4.78, 5) is 15.0. The molecule has 1 N–H and O–H groups in total. The van der Waals surface area contributed by atoms with Gasteiger partial charge in [-0.25, -0.2) is 0 Å². The van der Waals surface area contributed by atoms with Crippen molar-refractivity contribution in [3.8, 4) is 0 Å². The number of aliphatic carboxylic acids is 1. The summed E-state index contributed by atoms with van der Waals surface area (Å²) in [6.45, 7) is 3.76. The van der Waals surface area contributed by atoms with Gasteiger partial charge in [-0.05, 0) is 65.7 Å². The zero-order valence-corrected chi connectivity index (χ0v) is 13.6. The number of hydrogen-bond donors (Lipinski definition) is 1. The first-order valence-corrected chi connectivity index (χ1v) is 9.02. The summed E-state index contributed by atoms with van der Waals surface area (Å²) in [5.41, 5.74) is 2.59. The summed E-state index contributed by atoms with van der Waals surface area (Å²) >= 11 is 3.48. The van der Waals surface area contributed by atoms with Crippen LogP contribution < -0.4 is 0 Å². The van der Waals surface area contributed by atoms with E-state index in [4.69, 9.17) is 0 Å². The maximum absolute atomic E-state index is 11.3. The number of piperidine rings is 1. The molecule has 0 radical (unpaired) electrons. The van der Waals surface area contributed by atoms with E-state index in [9.17, 15) is 9.90 Å². The molecule has 0 saturated carbocycles. The van der Waals surface area contributed by atoms with Crippen LogP contribution in [-0.4, -0.2) is 29.1 Å². The molecule has 0 aliphatic carbocycles. The average molecular weight is 321 g/mol. The Kier molecular flexibility index (Phi) is 4.42. The molecule has 3 rings (SSSR count).